The van der Waals surface area contributed by atoms with Gasteiger partial charge in [0, 0.05) is 11.4 Å². The van der Waals surface area contributed by atoms with E-state index in [9.17, 15) is 5.26 Å². The summed E-state index contributed by atoms with van der Waals surface area (Å²) in [6.07, 6.45) is 2.49. The number of rotatable bonds is 6. The first kappa shape index (κ1) is 15.9. The fraction of sp³-hybridized carbons (Fsp3) is 0.562. The molecule has 1 aromatic rings. The molecule has 0 N–H and O–H groups in total. The minimum absolute atomic E-state index is 0.253. The van der Waals surface area contributed by atoms with Gasteiger partial charge in [-0.3, -0.25) is 0 Å². The molecular formula is C16H22ClNO. The zero-order chi connectivity index (χ0) is 14.5. The largest absolute Gasteiger partial charge is 0.494 e. The lowest BCUT2D eigenvalue weighted by molar-refractivity contribution is 0.231. The van der Waals surface area contributed by atoms with Crippen molar-refractivity contribution in [1.82, 2.24) is 0 Å². The van der Waals surface area contributed by atoms with Crippen LogP contribution in [0.15, 0.2) is 12.1 Å². The Bertz CT molecular complexity index is 449. The zero-order valence-electron chi connectivity index (χ0n) is 12.2. The van der Waals surface area contributed by atoms with Crippen molar-refractivity contribution in [2.24, 2.45) is 5.41 Å². The number of nitrogens with zero attached hydrogens (tertiary/aromatic N) is 1. The topological polar surface area (TPSA) is 33.0 Å². The molecule has 0 saturated heterocycles. The quantitative estimate of drug-likeness (QED) is 0.729. The maximum atomic E-state index is 9.28. The Kier molecular flexibility index (Phi) is 5.69. The van der Waals surface area contributed by atoms with Crippen molar-refractivity contribution in [2.75, 3.05) is 6.61 Å². The molecule has 0 aromatic heterocycles. The second-order valence-electron chi connectivity index (χ2n) is 5.07. The number of hydrogen-bond acceptors (Lipinski definition) is 2. The van der Waals surface area contributed by atoms with Gasteiger partial charge in [-0.2, -0.15) is 5.26 Å². The zero-order valence-corrected chi connectivity index (χ0v) is 13.0. The summed E-state index contributed by atoms with van der Waals surface area (Å²) in [5.74, 6) is 0.832. The van der Waals surface area contributed by atoms with E-state index in [0.717, 1.165) is 41.2 Å². The van der Waals surface area contributed by atoms with Crippen LogP contribution in [0.5, 0.6) is 5.75 Å². The SMILES string of the molecule is CCC(C#N)(CC)CCOc1cc(C)c(Cl)c(C)c1. The van der Waals surface area contributed by atoms with Crippen LogP contribution < -0.4 is 4.74 Å². The number of halogens is 1. The molecule has 0 bridgehead atoms. The first-order chi connectivity index (χ1) is 8.98. The summed E-state index contributed by atoms with van der Waals surface area (Å²) >= 11 is 6.12. The second kappa shape index (κ2) is 6.82. The standard InChI is InChI=1S/C16H22ClNO/c1-5-16(6-2,11-18)7-8-19-14-9-12(3)15(17)13(4)10-14/h9-10H,5-8H2,1-4H3. The number of ether oxygens (including phenoxy) is 1. The van der Waals surface area contributed by atoms with Gasteiger partial charge in [0.15, 0.2) is 0 Å². The van der Waals surface area contributed by atoms with E-state index in [0.29, 0.717) is 6.61 Å². The highest BCUT2D eigenvalue weighted by molar-refractivity contribution is 6.32. The van der Waals surface area contributed by atoms with Gasteiger partial charge in [-0.1, -0.05) is 25.4 Å². The Hall–Kier alpha value is -1.20. The molecule has 3 heteroatoms. The van der Waals surface area contributed by atoms with Crippen molar-refractivity contribution in [3.05, 3.63) is 28.3 Å². The van der Waals surface area contributed by atoms with E-state index in [1.54, 1.807) is 0 Å². The molecule has 104 valence electrons. The van der Waals surface area contributed by atoms with Crippen LogP contribution in [0.1, 0.15) is 44.2 Å². The molecule has 0 atom stereocenters. The van der Waals surface area contributed by atoms with E-state index >= 15 is 0 Å². The van der Waals surface area contributed by atoms with Crippen molar-refractivity contribution in [3.63, 3.8) is 0 Å². The van der Waals surface area contributed by atoms with Gasteiger partial charge in [0.05, 0.1) is 18.1 Å². The fourth-order valence-electron chi connectivity index (χ4n) is 2.17. The summed E-state index contributed by atoms with van der Waals surface area (Å²) in [5.41, 5.74) is 1.79. The molecule has 0 unspecified atom stereocenters. The van der Waals surface area contributed by atoms with Crippen LogP contribution in [-0.4, -0.2) is 6.61 Å². The van der Waals surface area contributed by atoms with Gasteiger partial charge >= 0.3 is 0 Å². The average Bonchev–Trinajstić information content (AvgIpc) is 2.41. The Labute approximate surface area is 121 Å². The molecule has 0 radical (unpaired) electrons. The molecule has 0 heterocycles. The fourth-order valence-corrected chi connectivity index (χ4v) is 2.28. The Balaban J connectivity index is 2.66. The van der Waals surface area contributed by atoms with E-state index in [2.05, 4.69) is 19.9 Å². The molecule has 0 spiro atoms. The summed E-state index contributed by atoms with van der Waals surface area (Å²) in [4.78, 5) is 0. The van der Waals surface area contributed by atoms with Crippen molar-refractivity contribution in [1.29, 1.82) is 5.26 Å². The molecule has 1 aromatic carbocycles. The van der Waals surface area contributed by atoms with Crippen LogP contribution in [0.4, 0.5) is 0 Å². The molecule has 19 heavy (non-hydrogen) atoms. The summed E-state index contributed by atoms with van der Waals surface area (Å²) in [6, 6.07) is 6.32. The Morgan fingerprint density at radius 3 is 2.16 bits per heavy atom. The number of nitriles is 1. The van der Waals surface area contributed by atoms with Crippen LogP contribution in [-0.2, 0) is 0 Å². The third-order valence-corrected chi connectivity index (χ3v) is 4.45. The van der Waals surface area contributed by atoms with E-state index in [-0.39, 0.29) is 5.41 Å². The van der Waals surface area contributed by atoms with Crippen LogP contribution >= 0.6 is 11.6 Å². The van der Waals surface area contributed by atoms with Crippen molar-refractivity contribution in [3.8, 4) is 11.8 Å². The highest BCUT2D eigenvalue weighted by Crippen LogP contribution is 2.30. The van der Waals surface area contributed by atoms with E-state index in [4.69, 9.17) is 16.3 Å². The molecule has 0 aliphatic heterocycles. The van der Waals surface area contributed by atoms with Gasteiger partial charge in [-0.05, 0) is 49.9 Å². The smallest absolute Gasteiger partial charge is 0.119 e. The van der Waals surface area contributed by atoms with Crippen molar-refractivity contribution in [2.45, 2.75) is 47.0 Å². The molecule has 0 aliphatic rings. The highest BCUT2D eigenvalue weighted by Gasteiger charge is 2.25. The lowest BCUT2D eigenvalue weighted by atomic mass is 9.81. The molecule has 2 nitrogen and oxygen atoms in total. The van der Waals surface area contributed by atoms with Crippen LogP contribution in [0.25, 0.3) is 0 Å². The van der Waals surface area contributed by atoms with Gasteiger partial charge in [-0.25, -0.2) is 0 Å². The van der Waals surface area contributed by atoms with E-state index < -0.39 is 0 Å². The Morgan fingerprint density at radius 1 is 1.21 bits per heavy atom. The third kappa shape index (κ3) is 3.88. The molecule has 0 fully saturated rings. The van der Waals surface area contributed by atoms with Crippen LogP contribution in [0.2, 0.25) is 5.02 Å². The molecule has 1 rings (SSSR count). The Morgan fingerprint density at radius 2 is 1.74 bits per heavy atom. The van der Waals surface area contributed by atoms with Gasteiger partial charge < -0.3 is 4.74 Å². The van der Waals surface area contributed by atoms with Crippen molar-refractivity contribution >= 4 is 11.6 Å². The average molecular weight is 280 g/mol. The van der Waals surface area contributed by atoms with Crippen LogP contribution in [0.3, 0.4) is 0 Å². The second-order valence-corrected chi connectivity index (χ2v) is 5.45. The monoisotopic (exact) mass is 279 g/mol. The maximum Gasteiger partial charge on any atom is 0.119 e. The van der Waals surface area contributed by atoms with Gasteiger partial charge in [0.1, 0.15) is 5.75 Å². The first-order valence-electron chi connectivity index (χ1n) is 6.78. The van der Waals surface area contributed by atoms with E-state index in [1.807, 2.05) is 26.0 Å². The maximum absolute atomic E-state index is 9.28. The predicted molar refractivity (Wildman–Crippen MR) is 79.7 cm³/mol. The minimum atomic E-state index is -0.253. The summed E-state index contributed by atoms with van der Waals surface area (Å²) < 4.78 is 5.77. The first-order valence-corrected chi connectivity index (χ1v) is 7.16. The third-order valence-electron chi connectivity index (χ3n) is 3.85. The molecule has 0 aliphatic carbocycles. The van der Waals surface area contributed by atoms with Crippen LogP contribution in [0, 0.1) is 30.6 Å². The highest BCUT2D eigenvalue weighted by atomic mass is 35.5. The predicted octanol–water partition coefficient (Wildman–Crippen LogP) is 5.06. The number of hydrogen-bond donors (Lipinski definition) is 0. The van der Waals surface area contributed by atoms with Gasteiger partial charge in [0.25, 0.3) is 0 Å². The summed E-state index contributed by atoms with van der Waals surface area (Å²) in [6.45, 7) is 8.63. The van der Waals surface area contributed by atoms with Gasteiger partial charge in [0.2, 0.25) is 0 Å². The normalized spacial score (nSPS) is 11.2. The molecular weight excluding hydrogens is 258 g/mol. The van der Waals surface area contributed by atoms with Gasteiger partial charge in [-0.15, -0.1) is 0 Å². The summed E-state index contributed by atoms with van der Waals surface area (Å²) in [7, 11) is 0. The van der Waals surface area contributed by atoms with E-state index in [1.165, 1.54) is 0 Å². The number of benzene rings is 1. The molecule has 0 amide bonds. The number of aryl methyl sites for hydroxylation is 2. The molecule has 0 saturated carbocycles. The van der Waals surface area contributed by atoms with Crippen molar-refractivity contribution < 1.29 is 4.74 Å². The lowest BCUT2D eigenvalue weighted by Crippen LogP contribution is -2.19. The lowest BCUT2D eigenvalue weighted by Gasteiger charge is -2.23. The minimum Gasteiger partial charge on any atom is -0.494 e. The summed E-state index contributed by atoms with van der Waals surface area (Å²) in [5, 5.41) is 10.1.